The second-order valence-corrected chi connectivity index (χ2v) is 9.81. The van der Waals surface area contributed by atoms with Crippen LogP contribution in [0.15, 0.2) is 24.3 Å². The molecule has 1 saturated heterocycles. The van der Waals surface area contributed by atoms with Crippen molar-refractivity contribution in [2.45, 2.75) is 58.7 Å². The minimum Gasteiger partial charge on any atom is -0.391 e. The van der Waals surface area contributed by atoms with Gasteiger partial charge in [0, 0.05) is 44.8 Å². The van der Waals surface area contributed by atoms with Crippen molar-refractivity contribution in [3.8, 4) is 12.3 Å². The van der Waals surface area contributed by atoms with Crippen LogP contribution in [0.5, 0.6) is 0 Å². The van der Waals surface area contributed by atoms with E-state index < -0.39 is 17.6 Å². The Morgan fingerprint density at radius 1 is 1.26 bits per heavy atom. The van der Waals surface area contributed by atoms with E-state index in [0.29, 0.717) is 71.9 Å². The molecule has 39 heavy (non-hydrogen) atoms. The number of nitrogens with one attached hydrogen (secondary N) is 3. The third kappa shape index (κ3) is 13.6. The molecule has 2 unspecified atom stereocenters. The second kappa shape index (κ2) is 19.1. The Labute approximate surface area is 232 Å². The lowest BCUT2D eigenvalue weighted by atomic mass is 9.80. The number of amides is 3. The summed E-state index contributed by atoms with van der Waals surface area (Å²) < 4.78 is 10.5. The van der Waals surface area contributed by atoms with Gasteiger partial charge in [0.2, 0.25) is 18.2 Å². The molecule has 0 aromatic heterocycles. The molecule has 1 fully saturated rings. The molecule has 0 saturated carbocycles. The first-order chi connectivity index (χ1) is 18.7. The lowest BCUT2D eigenvalue weighted by molar-refractivity contribution is -0.136. The van der Waals surface area contributed by atoms with Crippen LogP contribution in [0.25, 0.3) is 0 Å². The van der Waals surface area contributed by atoms with E-state index in [2.05, 4.69) is 22.0 Å². The number of nitrogens with two attached hydrogens (primary N) is 1. The highest BCUT2D eigenvalue weighted by Crippen LogP contribution is 2.27. The maximum absolute atomic E-state index is 12.7. The van der Waals surface area contributed by atoms with Crippen LogP contribution >= 0.6 is 0 Å². The quantitative estimate of drug-likeness (QED) is 0.0651. The number of β-amino-alcohol motifs (C(OH)–C–C–N with tert-alkyl or cyclic N) is 1. The number of hydrogen-bond donors (Lipinski definition) is 5. The van der Waals surface area contributed by atoms with Gasteiger partial charge in [-0.2, -0.15) is 0 Å². The largest absolute Gasteiger partial charge is 0.391 e. The van der Waals surface area contributed by atoms with Gasteiger partial charge in [0.1, 0.15) is 6.04 Å². The zero-order valence-electron chi connectivity index (χ0n) is 23.4. The summed E-state index contributed by atoms with van der Waals surface area (Å²) >= 11 is 0. The Balaban J connectivity index is 0.000000525. The number of benzene rings is 1. The molecule has 0 spiro atoms. The van der Waals surface area contributed by atoms with Crippen LogP contribution in [-0.4, -0.2) is 86.4 Å². The predicted octanol–water partition coefficient (Wildman–Crippen LogP) is 0.301. The van der Waals surface area contributed by atoms with E-state index in [9.17, 15) is 19.5 Å². The molecule has 2 atom stereocenters. The first kappa shape index (κ1) is 34.0. The molecule has 1 heterocycles. The van der Waals surface area contributed by atoms with Crippen molar-refractivity contribution < 1.29 is 29.0 Å². The number of likely N-dealkylation sites (tertiary alicyclic amines) is 1. The molecule has 3 amide bonds. The molecule has 11 heteroatoms. The molecule has 11 nitrogen and oxygen atoms in total. The van der Waals surface area contributed by atoms with Crippen LogP contribution in [0.1, 0.15) is 51.2 Å². The average molecular weight is 548 g/mol. The smallest absolute Gasteiger partial charge is 0.241 e. The van der Waals surface area contributed by atoms with Gasteiger partial charge in [0.15, 0.2) is 0 Å². The van der Waals surface area contributed by atoms with Gasteiger partial charge >= 0.3 is 0 Å². The first-order valence-corrected chi connectivity index (χ1v) is 13.3. The summed E-state index contributed by atoms with van der Waals surface area (Å²) in [6.07, 6.45) is 6.85. The summed E-state index contributed by atoms with van der Waals surface area (Å²) in [5.74, 6) is 7.95. The van der Waals surface area contributed by atoms with Crippen molar-refractivity contribution >= 4 is 18.2 Å². The SMILES string of the molecule is C#Cc1ccc(CNC=O)cc1.CCOCCOCCC(=O)NCCC(C)(C)C(NN)C(=O)N1CCC(O)C1. The number of aliphatic hydroxyl groups is 1. The number of hydrogen-bond acceptors (Lipinski definition) is 8. The summed E-state index contributed by atoms with van der Waals surface area (Å²) in [7, 11) is 0. The summed E-state index contributed by atoms with van der Waals surface area (Å²) in [4.78, 5) is 36.1. The van der Waals surface area contributed by atoms with Crippen LogP contribution in [-0.2, 0) is 30.4 Å². The minimum absolute atomic E-state index is 0.0894. The topological polar surface area (TPSA) is 155 Å². The third-order valence-electron chi connectivity index (χ3n) is 6.32. The third-order valence-corrected chi connectivity index (χ3v) is 6.32. The molecule has 1 aliphatic heterocycles. The van der Waals surface area contributed by atoms with Gasteiger partial charge in [-0.15, -0.1) is 6.42 Å². The van der Waals surface area contributed by atoms with Crippen LogP contribution in [0.4, 0.5) is 0 Å². The van der Waals surface area contributed by atoms with Crippen molar-refractivity contribution in [2.75, 3.05) is 46.1 Å². The molecule has 1 aromatic carbocycles. The van der Waals surface area contributed by atoms with Gasteiger partial charge in [-0.25, -0.2) is 5.43 Å². The lowest BCUT2D eigenvalue weighted by Crippen LogP contribution is -2.56. The van der Waals surface area contributed by atoms with Crippen LogP contribution in [0, 0.1) is 17.8 Å². The monoisotopic (exact) mass is 547 g/mol. The van der Waals surface area contributed by atoms with E-state index in [-0.39, 0.29) is 18.2 Å². The van der Waals surface area contributed by atoms with Gasteiger partial charge in [-0.05, 0) is 42.9 Å². The van der Waals surface area contributed by atoms with Gasteiger partial charge in [0.25, 0.3) is 0 Å². The highest BCUT2D eigenvalue weighted by Gasteiger charge is 2.38. The molecule has 6 N–H and O–H groups in total. The normalized spacial score (nSPS) is 15.5. The Hall–Kier alpha value is -3.01. The number of ether oxygens (including phenoxy) is 2. The highest BCUT2D eigenvalue weighted by atomic mass is 16.5. The molecule has 1 aromatic rings. The van der Waals surface area contributed by atoms with E-state index in [0.717, 1.165) is 11.1 Å². The summed E-state index contributed by atoms with van der Waals surface area (Å²) in [6, 6.07) is 6.91. The van der Waals surface area contributed by atoms with E-state index in [4.69, 9.17) is 21.7 Å². The predicted molar refractivity (Wildman–Crippen MR) is 149 cm³/mol. The molecule has 0 bridgehead atoms. The number of nitrogens with zero attached hydrogens (tertiary/aromatic N) is 1. The van der Waals surface area contributed by atoms with Gasteiger partial charge < -0.3 is 30.1 Å². The van der Waals surface area contributed by atoms with Crippen LogP contribution in [0.3, 0.4) is 0 Å². The number of carbonyl (C=O) groups is 3. The Morgan fingerprint density at radius 3 is 2.51 bits per heavy atom. The number of terminal acetylenes is 1. The minimum atomic E-state index is -0.582. The lowest BCUT2D eigenvalue weighted by Gasteiger charge is -2.35. The molecule has 2 rings (SSSR count). The van der Waals surface area contributed by atoms with E-state index in [1.165, 1.54) is 0 Å². The zero-order valence-corrected chi connectivity index (χ0v) is 23.4. The second-order valence-electron chi connectivity index (χ2n) is 9.81. The Kier molecular flexibility index (Phi) is 16.7. The fraction of sp³-hybridized carbons (Fsp3) is 0.607. The number of carbonyl (C=O) groups excluding carboxylic acids is 3. The zero-order chi connectivity index (χ0) is 29.1. The maximum Gasteiger partial charge on any atom is 0.241 e. The standard InChI is InChI=1S/C18H36N4O5.C10H9NO/c1-4-26-11-12-27-10-6-15(24)20-8-7-18(2,3)16(21-19)17(25)22-9-5-14(23)13-22;1-2-9-3-5-10(6-4-9)7-11-8-12/h14,16,21,23H,4-13,19H2,1-3H3,(H,20,24);1,3-6,8H,7H2,(H,11,12). The Bertz CT molecular complexity index is 903. The van der Waals surface area contributed by atoms with E-state index in [1.807, 2.05) is 45.0 Å². The van der Waals surface area contributed by atoms with Crippen molar-refractivity contribution in [3.05, 3.63) is 35.4 Å². The molecule has 0 aliphatic carbocycles. The van der Waals surface area contributed by atoms with Gasteiger partial charge in [-0.1, -0.05) is 31.9 Å². The van der Waals surface area contributed by atoms with E-state index >= 15 is 0 Å². The van der Waals surface area contributed by atoms with Crippen molar-refractivity contribution in [2.24, 2.45) is 11.3 Å². The molecular weight excluding hydrogens is 502 g/mol. The van der Waals surface area contributed by atoms with Crippen LogP contribution in [0.2, 0.25) is 0 Å². The molecular formula is C28H45N5O6. The van der Waals surface area contributed by atoms with Crippen molar-refractivity contribution in [1.82, 2.24) is 21.0 Å². The summed E-state index contributed by atoms with van der Waals surface area (Å²) in [5.41, 5.74) is 4.05. The van der Waals surface area contributed by atoms with E-state index in [1.54, 1.807) is 4.90 Å². The number of aliphatic hydroxyl groups excluding tert-OH is 1. The number of hydrazine groups is 1. The van der Waals surface area contributed by atoms with Gasteiger partial charge in [0.05, 0.1) is 25.9 Å². The Morgan fingerprint density at radius 2 is 1.95 bits per heavy atom. The van der Waals surface area contributed by atoms with Crippen molar-refractivity contribution in [1.29, 1.82) is 0 Å². The molecule has 218 valence electrons. The fourth-order valence-electron chi connectivity index (χ4n) is 3.92. The first-order valence-electron chi connectivity index (χ1n) is 13.3. The molecule has 0 radical (unpaired) electrons. The van der Waals surface area contributed by atoms with Gasteiger partial charge in [-0.3, -0.25) is 20.2 Å². The maximum atomic E-state index is 12.7. The number of rotatable bonds is 16. The average Bonchev–Trinajstić information content (AvgIpc) is 3.36. The highest BCUT2D eigenvalue weighted by molar-refractivity contribution is 5.83. The summed E-state index contributed by atoms with van der Waals surface area (Å²) in [6.45, 7) is 9.67. The van der Waals surface area contributed by atoms with Crippen molar-refractivity contribution in [3.63, 3.8) is 0 Å². The molecule has 1 aliphatic rings. The summed E-state index contributed by atoms with van der Waals surface area (Å²) in [5, 5.41) is 15.1. The fourth-order valence-corrected chi connectivity index (χ4v) is 3.92. The van der Waals surface area contributed by atoms with Crippen LogP contribution < -0.4 is 21.9 Å².